The van der Waals surface area contributed by atoms with Gasteiger partial charge in [-0.05, 0) is 11.5 Å². The molecule has 2 aromatic rings. The second-order valence-corrected chi connectivity index (χ2v) is 3.36. The number of halogens is 3. The van der Waals surface area contributed by atoms with Crippen LogP contribution in [0.2, 0.25) is 0 Å². The zero-order valence-electron chi connectivity index (χ0n) is 8.25. The first-order valence-corrected chi connectivity index (χ1v) is 4.60. The molecule has 0 bridgehead atoms. The van der Waals surface area contributed by atoms with E-state index in [1.807, 2.05) is 0 Å². The lowest BCUT2D eigenvalue weighted by Gasteiger charge is -2.11. The SMILES string of the molecule is C=C(c1nccc2ccccc12)C(F)(F)F. The normalized spacial score (nSPS) is 11.7. The van der Waals surface area contributed by atoms with Crippen molar-refractivity contribution in [3.05, 3.63) is 48.8 Å². The van der Waals surface area contributed by atoms with E-state index in [1.165, 1.54) is 6.20 Å². The van der Waals surface area contributed by atoms with Crippen molar-refractivity contribution in [2.24, 2.45) is 0 Å². The van der Waals surface area contributed by atoms with Crippen molar-refractivity contribution in [3.63, 3.8) is 0 Å². The number of hydrogen-bond donors (Lipinski definition) is 0. The van der Waals surface area contributed by atoms with Gasteiger partial charge in [0, 0.05) is 11.6 Å². The van der Waals surface area contributed by atoms with Gasteiger partial charge in [0.05, 0.1) is 11.3 Å². The predicted molar refractivity (Wildman–Crippen MR) is 56.8 cm³/mol. The number of pyridine rings is 1. The zero-order valence-corrected chi connectivity index (χ0v) is 8.25. The molecule has 0 aliphatic carbocycles. The van der Waals surface area contributed by atoms with Crippen molar-refractivity contribution in [2.45, 2.75) is 6.18 Å². The van der Waals surface area contributed by atoms with Crippen LogP contribution in [0.3, 0.4) is 0 Å². The fourth-order valence-corrected chi connectivity index (χ4v) is 1.49. The summed E-state index contributed by atoms with van der Waals surface area (Å²) in [5.41, 5.74) is -1.02. The molecule has 4 heteroatoms. The molecule has 0 N–H and O–H groups in total. The van der Waals surface area contributed by atoms with E-state index in [2.05, 4.69) is 11.6 Å². The highest BCUT2D eigenvalue weighted by Gasteiger charge is 2.34. The molecule has 1 aromatic carbocycles. The van der Waals surface area contributed by atoms with Crippen LogP contribution < -0.4 is 0 Å². The molecule has 0 saturated carbocycles. The Morgan fingerprint density at radius 1 is 1.12 bits per heavy atom. The summed E-state index contributed by atoms with van der Waals surface area (Å²) in [5.74, 6) is 0. The topological polar surface area (TPSA) is 12.9 Å². The van der Waals surface area contributed by atoms with E-state index in [0.29, 0.717) is 5.39 Å². The van der Waals surface area contributed by atoms with E-state index in [1.54, 1.807) is 30.3 Å². The predicted octanol–water partition coefficient (Wildman–Crippen LogP) is 3.81. The summed E-state index contributed by atoms with van der Waals surface area (Å²) in [6.07, 6.45) is -3.09. The number of rotatable bonds is 1. The molecule has 1 nitrogen and oxygen atoms in total. The second kappa shape index (κ2) is 3.63. The molecular weight excluding hydrogens is 215 g/mol. The van der Waals surface area contributed by atoms with Crippen LogP contribution in [0.25, 0.3) is 16.3 Å². The highest BCUT2D eigenvalue weighted by Crippen LogP contribution is 2.34. The standard InChI is InChI=1S/C12H8F3N/c1-8(12(13,14)15)11-10-5-3-2-4-9(10)6-7-16-11/h2-7H,1H2. The Hall–Kier alpha value is -1.84. The number of nitrogens with zero attached hydrogens (tertiary/aromatic N) is 1. The molecule has 0 fully saturated rings. The molecule has 0 atom stereocenters. The number of fused-ring (bicyclic) bond motifs is 1. The Bertz CT molecular complexity index is 538. The van der Waals surface area contributed by atoms with Crippen LogP contribution >= 0.6 is 0 Å². The maximum Gasteiger partial charge on any atom is 0.417 e. The summed E-state index contributed by atoms with van der Waals surface area (Å²) in [4.78, 5) is 3.75. The lowest BCUT2D eigenvalue weighted by Crippen LogP contribution is -2.10. The van der Waals surface area contributed by atoms with E-state index in [-0.39, 0.29) is 5.69 Å². The summed E-state index contributed by atoms with van der Waals surface area (Å²) in [6.45, 7) is 3.06. The molecule has 0 aliphatic heterocycles. The Kier molecular flexibility index (Phi) is 2.42. The monoisotopic (exact) mass is 223 g/mol. The van der Waals surface area contributed by atoms with Gasteiger partial charge in [-0.25, -0.2) is 0 Å². The molecule has 0 aliphatic rings. The molecule has 0 radical (unpaired) electrons. The maximum absolute atomic E-state index is 12.5. The van der Waals surface area contributed by atoms with Crippen molar-refractivity contribution < 1.29 is 13.2 Å². The highest BCUT2D eigenvalue weighted by atomic mass is 19.4. The van der Waals surface area contributed by atoms with Crippen LogP contribution in [0.15, 0.2) is 43.1 Å². The summed E-state index contributed by atoms with van der Waals surface area (Å²) in [5, 5.41) is 1.19. The van der Waals surface area contributed by atoms with Gasteiger partial charge in [0.25, 0.3) is 0 Å². The fraction of sp³-hybridized carbons (Fsp3) is 0.0833. The van der Waals surface area contributed by atoms with Gasteiger partial charge in [-0.2, -0.15) is 13.2 Å². The summed E-state index contributed by atoms with van der Waals surface area (Å²) >= 11 is 0. The third-order valence-electron chi connectivity index (χ3n) is 2.30. The van der Waals surface area contributed by atoms with Gasteiger partial charge in [0.1, 0.15) is 0 Å². The van der Waals surface area contributed by atoms with Crippen molar-refractivity contribution >= 4 is 16.3 Å². The third kappa shape index (κ3) is 1.78. The number of alkyl halides is 3. The second-order valence-electron chi connectivity index (χ2n) is 3.36. The minimum Gasteiger partial charge on any atom is -0.256 e. The molecule has 16 heavy (non-hydrogen) atoms. The molecule has 0 unspecified atom stereocenters. The van der Waals surface area contributed by atoms with Gasteiger partial charge in [-0.15, -0.1) is 0 Å². The molecular formula is C12H8F3N. The Labute approximate surface area is 90.2 Å². The van der Waals surface area contributed by atoms with Crippen LogP contribution in [0.5, 0.6) is 0 Å². The van der Waals surface area contributed by atoms with Gasteiger partial charge >= 0.3 is 6.18 Å². The van der Waals surface area contributed by atoms with E-state index in [9.17, 15) is 13.2 Å². The van der Waals surface area contributed by atoms with Crippen LogP contribution in [0.4, 0.5) is 13.2 Å². The molecule has 2 rings (SSSR count). The summed E-state index contributed by atoms with van der Waals surface area (Å²) in [7, 11) is 0. The zero-order chi connectivity index (χ0) is 11.8. The van der Waals surface area contributed by atoms with Crippen LogP contribution in [-0.4, -0.2) is 11.2 Å². The van der Waals surface area contributed by atoms with Crippen LogP contribution in [-0.2, 0) is 0 Å². The Morgan fingerprint density at radius 2 is 1.81 bits per heavy atom. The lowest BCUT2D eigenvalue weighted by atomic mass is 10.1. The first-order valence-electron chi connectivity index (χ1n) is 4.60. The van der Waals surface area contributed by atoms with Crippen LogP contribution in [0, 0.1) is 0 Å². The van der Waals surface area contributed by atoms with E-state index < -0.39 is 11.7 Å². The van der Waals surface area contributed by atoms with Crippen molar-refractivity contribution in [1.29, 1.82) is 0 Å². The molecule has 0 spiro atoms. The molecule has 0 amide bonds. The van der Waals surface area contributed by atoms with E-state index >= 15 is 0 Å². The largest absolute Gasteiger partial charge is 0.417 e. The van der Waals surface area contributed by atoms with Crippen molar-refractivity contribution in [2.75, 3.05) is 0 Å². The first kappa shape index (κ1) is 10.7. The quantitative estimate of drug-likeness (QED) is 0.716. The third-order valence-corrected chi connectivity index (χ3v) is 2.30. The number of aromatic nitrogens is 1. The number of allylic oxidation sites excluding steroid dienone is 1. The molecule has 1 heterocycles. The minimum absolute atomic E-state index is 0.106. The van der Waals surface area contributed by atoms with Gasteiger partial charge in [0.2, 0.25) is 0 Å². The molecule has 0 saturated heterocycles. The summed E-state index contributed by atoms with van der Waals surface area (Å²) in [6, 6.07) is 8.46. The van der Waals surface area contributed by atoms with Crippen molar-refractivity contribution in [3.8, 4) is 0 Å². The van der Waals surface area contributed by atoms with E-state index in [0.717, 1.165) is 5.39 Å². The maximum atomic E-state index is 12.5. The first-order chi connectivity index (χ1) is 7.50. The lowest BCUT2D eigenvalue weighted by molar-refractivity contribution is -0.0688. The Morgan fingerprint density at radius 3 is 2.50 bits per heavy atom. The van der Waals surface area contributed by atoms with Gasteiger partial charge in [0.15, 0.2) is 0 Å². The highest BCUT2D eigenvalue weighted by molar-refractivity contribution is 5.92. The fourth-order valence-electron chi connectivity index (χ4n) is 1.49. The van der Waals surface area contributed by atoms with Crippen molar-refractivity contribution in [1.82, 2.24) is 4.98 Å². The number of hydrogen-bond acceptors (Lipinski definition) is 1. The van der Waals surface area contributed by atoms with Gasteiger partial charge < -0.3 is 0 Å². The molecule has 1 aromatic heterocycles. The smallest absolute Gasteiger partial charge is 0.256 e. The minimum atomic E-state index is -4.45. The van der Waals surface area contributed by atoms with Gasteiger partial charge in [-0.1, -0.05) is 30.8 Å². The Balaban J connectivity index is 2.66. The summed E-state index contributed by atoms with van der Waals surface area (Å²) < 4.78 is 37.6. The molecule has 82 valence electrons. The van der Waals surface area contributed by atoms with Crippen LogP contribution in [0.1, 0.15) is 5.69 Å². The number of benzene rings is 1. The average molecular weight is 223 g/mol. The van der Waals surface area contributed by atoms with Gasteiger partial charge in [-0.3, -0.25) is 4.98 Å². The average Bonchev–Trinajstić information content (AvgIpc) is 2.26. The van der Waals surface area contributed by atoms with E-state index in [4.69, 9.17) is 0 Å².